The van der Waals surface area contributed by atoms with Gasteiger partial charge < -0.3 is 0 Å². The van der Waals surface area contributed by atoms with Gasteiger partial charge in [0.05, 0.1) is 0 Å². The maximum atomic E-state index is 14.5. The molecule has 5 rings (SSSR count). The molecular formula is C24H16AsF4N5O. The first-order valence-corrected chi connectivity index (χ1v) is 11.3. The fraction of sp³-hybridized carbons (Fsp3) is 0.125. The number of rotatable bonds is 3. The van der Waals surface area contributed by atoms with Crippen molar-refractivity contribution in [2.75, 3.05) is 10.6 Å². The van der Waals surface area contributed by atoms with Gasteiger partial charge in [0.1, 0.15) is 0 Å². The zero-order valence-corrected chi connectivity index (χ0v) is 19.9. The van der Waals surface area contributed by atoms with Crippen LogP contribution in [-0.2, 0) is 11.0 Å². The number of nitrogens with one attached hydrogen (secondary N) is 2. The molecule has 0 saturated carbocycles. The molecule has 2 N–H and O–H groups in total. The molecule has 0 fully saturated rings. The van der Waals surface area contributed by atoms with Gasteiger partial charge in [-0.25, -0.2) is 0 Å². The number of carbonyl (C=O) groups excluding carboxylic acids is 1. The van der Waals surface area contributed by atoms with Crippen molar-refractivity contribution in [2.24, 2.45) is 0 Å². The summed E-state index contributed by atoms with van der Waals surface area (Å²) in [5.41, 5.74) is -0.0331. The molecule has 4 aromatic rings. The number of hydrogen-bond donors (Lipinski definition) is 2. The second kappa shape index (κ2) is 8.53. The number of pyridine rings is 1. The summed E-state index contributed by atoms with van der Waals surface area (Å²) >= 11 is 2.26. The van der Waals surface area contributed by atoms with Gasteiger partial charge in [-0.2, -0.15) is 0 Å². The van der Waals surface area contributed by atoms with E-state index in [0.717, 1.165) is 16.8 Å². The SMILES string of the molecule is CC1=C(C(=O)Nc2ccc3cnccc3c2)C(c2ccc(C(F)(F)F)c(F)c2)n2nc([As])cc2N1. The van der Waals surface area contributed by atoms with Crippen LogP contribution in [0.25, 0.3) is 10.8 Å². The van der Waals surface area contributed by atoms with Crippen molar-refractivity contribution < 1.29 is 22.4 Å². The molecule has 0 bridgehead atoms. The monoisotopic (exact) mass is 541 g/mol. The molecule has 2 aromatic heterocycles. The van der Waals surface area contributed by atoms with E-state index in [2.05, 4.69) is 37.6 Å². The van der Waals surface area contributed by atoms with E-state index >= 15 is 0 Å². The molecule has 1 aliphatic heterocycles. The van der Waals surface area contributed by atoms with Crippen LogP contribution in [0.15, 0.2) is 72.2 Å². The Morgan fingerprint density at radius 3 is 2.66 bits per heavy atom. The quantitative estimate of drug-likeness (QED) is 0.300. The number of carbonyl (C=O) groups is 1. The summed E-state index contributed by atoms with van der Waals surface area (Å²) in [5.74, 6) is -1.39. The van der Waals surface area contributed by atoms with Crippen molar-refractivity contribution in [1.29, 1.82) is 0 Å². The van der Waals surface area contributed by atoms with Crippen LogP contribution < -0.4 is 15.1 Å². The number of allylic oxidation sites excluding steroid dienone is 1. The third-order valence-electron chi connectivity index (χ3n) is 5.72. The fourth-order valence-electron chi connectivity index (χ4n) is 4.15. The van der Waals surface area contributed by atoms with Crippen molar-refractivity contribution in [3.63, 3.8) is 0 Å². The first kappa shape index (κ1) is 23.1. The van der Waals surface area contributed by atoms with Crippen molar-refractivity contribution >= 4 is 49.5 Å². The molecule has 1 aliphatic rings. The number of benzene rings is 2. The van der Waals surface area contributed by atoms with E-state index in [0.29, 0.717) is 27.8 Å². The van der Waals surface area contributed by atoms with Crippen LogP contribution in [0.5, 0.6) is 0 Å². The van der Waals surface area contributed by atoms with Crippen molar-refractivity contribution in [3.05, 3.63) is 89.1 Å². The van der Waals surface area contributed by atoms with Crippen LogP contribution in [0.4, 0.5) is 29.1 Å². The van der Waals surface area contributed by atoms with Gasteiger partial charge in [-0.1, -0.05) is 0 Å². The van der Waals surface area contributed by atoms with Crippen molar-refractivity contribution in [3.8, 4) is 0 Å². The van der Waals surface area contributed by atoms with Gasteiger partial charge in [-0.3, -0.25) is 4.98 Å². The molecule has 1 amide bonds. The second-order valence-corrected chi connectivity index (χ2v) is 8.99. The predicted molar refractivity (Wildman–Crippen MR) is 124 cm³/mol. The van der Waals surface area contributed by atoms with E-state index < -0.39 is 29.5 Å². The standard InChI is InChI=1S/C24H16AsF4N5O/c1-12-21(23(35)32-16-4-2-15-11-30-7-6-13(15)8-16)22(34-20(31-12)10-19(25)33-34)14-3-5-17(18(26)9-14)24(27,28)29/h2-11,22,31H,1H3,(H,32,35). The average molecular weight is 541 g/mol. The number of halogens is 4. The van der Waals surface area contributed by atoms with Gasteiger partial charge in [0.2, 0.25) is 0 Å². The molecule has 35 heavy (non-hydrogen) atoms. The molecule has 0 spiro atoms. The van der Waals surface area contributed by atoms with Crippen LogP contribution in [0.1, 0.15) is 24.1 Å². The third kappa shape index (κ3) is 4.30. The maximum absolute atomic E-state index is 14.5. The van der Waals surface area contributed by atoms with Crippen molar-refractivity contribution in [2.45, 2.75) is 19.1 Å². The summed E-state index contributed by atoms with van der Waals surface area (Å²) in [6, 6.07) is 10.5. The summed E-state index contributed by atoms with van der Waals surface area (Å²) in [7, 11) is 0. The van der Waals surface area contributed by atoms with Crippen LogP contribution in [0.3, 0.4) is 0 Å². The second-order valence-electron chi connectivity index (χ2n) is 8.03. The topological polar surface area (TPSA) is 71.8 Å². The van der Waals surface area contributed by atoms with Gasteiger partial charge in [-0.05, 0) is 0 Å². The molecular weight excluding hydrogens is 525 g/mol. The molecule has 11 heteroatoms. The minimum atomic E-state index is -4.83. The van der Waals surface area contributed by atoms with Crippen LogP contribution in [0.2, 0.25) is 0 Å². The Balaban J connectivity index is 1.57. The zero-order valence-electron chi connectivity index (χ0n) is 18.1. The fourth-order valence-corrected chi connectivity index (χ4v) is 4.61. The van der Waals surface area contributed by atoms with E-state index in [1.807, 2.05) is 12.1 Å². The van der Waals surface area contributed by atoms with Gasteiger partial charge in [0.15, 0.2) is 0 Å². The Bertz CT molecular complexity index is 1510. The predicted octanol–water partition coefficient (Wildman–Crippen LogP) is 4.31. The third-order valence-corrected chi connectivity index (χ3v) is 6.18. The molecule has 2 aromatic carbocycles. The van der Waals surface area contributed by atoms with Gasteiger partial charge in [0.25, 0.3) is 0 Å². The summed E-state index contributed by atoms with van der Waals surface area (Å²) in [5, 5.41) is 12.1. The van der Waals surface area contributed by atoms with E-state index in [1.165, 1.54) is 10.7 Å². The molecule has 2 radical (unpaired) electrons. The number of alkyl halides is 3. The van der Waals surface area contributed by atoms with Crippen LogP contribution in [0, 0.1) is 5.82 Å². The Morgan fingerprint density at radius 2 is 1.91 bits per heavy atom. The summed E-state index contributed by atoms with van der Waals surface area (Å²) in [4.78, 5) is 17.6. The summed E-state index contributed by atoms with van der Waals surface area (Å²) in [6.07, 6.45) is -1.49. The number of nitrogens with zero attached hydrogens (tertiary/aromatic N) is 3. The Hall–Kier alpha value is -3.65. The van der Waals surface area contributed by atoms with Gasteiger partial charge >= 0.3 is 201 Å². The Kier molecular flexibility index (Phi) is 5.63. The van der Waals surface area contributed by atoms with Crippen LogP contribution in [-0.4, -0.2) is 37.5 Å². The van der Waals surface area contributed by atoms with E-state index in [1.54, 1.807) is 37.5 Å². The first-order chi connectivity index (χ1) is 16.6. The Labute approximate surface area is 205 Å². The normalized spacial score (nSPS) is 15.7. The average Bonchev–Trinajstić information content (AvgIpc) is 3.16. The van der Waals surface area contributed by atoms with Gasteiger partial charge in [-0.15, -0.1) is 0 Å². The molecule has 0 aliphatic carbocycles. The molecule has 6 nitrogen and oxygen atoms in total. The van der Waals surface area contributed by atoms with Gasteiger partial charge in [0, 0.05) is 0 Å². The van der Waals surface area contributed by atoms with Crippen molar-refractivity contribution in [1.82, 2.24) is 14.8 Å². The molecule has 176 valence electrons. The van der Waals surface area contributed by atoms with E-state index in [-0.39, 0.29) is 11.1 Å². The number of hydrogen-bond acceptors (Lipinski definition) is 4. The number of fused-ring (bicyclic) bond motifs is 2. The zero-order chi connectivity index (χ0) is 24.9. The Morgan fingerprint density at radius 1 is 1.11 bits per heavy atom. The van der Waals surface area contributed by atoms with E-state index in [4.69, 9.17) is 0 Å². The molecule has 0 saturated heterocycles. The molecule has 1 unspecified atom stereocenters. The first-order valence-electron chi connectivity index (χ1n) is 10.4. The number of amides is 1. The summed E-state index contributed by atoms with van der Waals surface area (Å²) in [6.45, 7) is 1.68. The minimum absolute atomic E-state index is 0.155. The van der Waals surface area contributed by atoms with Crippen LogP contribution >= 0.6 is 0 Å². The number of anilines is 2. The summed E-state index contributed by atoms with van der Waals surface area (Å²) < 4.78 is 56.0. The van der Waals surface area contributed by atoms with E-state index in [9.17, 15) is 22.4 Å². The molecule has 1 atom stereocenters. The number of aromatic nitrogens is 3. The molecule has 3 heterocycles.